The molecule has 102 valence electrons. The van der Waals surface area contributed by atoms with Crippen LogP contribution < -0.4 is 5.32 Å². The molecule has 0 bridgehead atoms. The fourth-order valence-electron chi connectivity index (χ4n) is 2.13. The van der Waals surface area contributed by atoms with E-state index in [2.05, 4.69) is 21.2 Å². The summed E-state index contributed by atoms with van der Waals surface area (Å²) in [6.07, 6.45) is 2.42. The van der Waals surface area contributed by atoms with Crippen molar-refractivity contribution in [2.45, 2.75) is 19.3 Å². The largest absolute Gasteiger partial charge is 0.347 e. The highest BCUT2D eigenvalue weighted by molar-refractivity contribution is 9.10. The lowest BCUT2D eigenvalue weighted by atomic mass is 10.1. The lowest BCUT2D eigenvalue weighted by molar-refractivity contribution is -0.131. The Morgan fingerprint density at radius 3 is 2.58 bits per heavy atom. The molecule has 0 aromatic heterocycles. The standard InChI is InChI=1S/C14H17BrN2O2/c15-12-6-2-1-5-11(12)9-13(18)16-10-14(19)17-7-3-4-8-17/h1-2,5-6H,3-4,7-10H2,(H,16,18). The molecule has 0 saturated carbocycles. The summed E-state index contributed by atoms with van der Waals surface area (Å²) in [6, 6.07) is 7.59. The number of benzene rings is 1. The van der Waals surface area contributed by atoms with Crippen LogP contribution >= 0.6 is 15.9 Å². The highest BCUT2D eigenvalue weighted by atomic mass is 79.9. The average Bonchev–Trinajstić information content (AvgIpc) is 2.93. The molecular formula is C14H17BrN2O2. The molecule has 1 saturated heterocycles. The summed E-state index contributed by atoms with van der Waals surface area (Å²) in [6.45, 7) is 1.74. The number of carbonyl (C=O) groups is 2. The number of rotatable bonds is 4. The molecule has 0 spiro atoms. The molecule has 2 rings (SSSR count). The summed E-state index contributed by atoms with van der Waals surface area (Å²) in [5.74, 6) is -0.113. The Balaban J connectivity index is 1.78. The van der Waals surface area contributed by atoms with E-state index >= 15 is 0 Å². The van der Waals surface area contributed by atoms with Crippen LogP contribution in [-0.2, 0) is 16.0 Å². The highest BCUT2D eigenvalue weighted by Gasteiger charge is 2.18. The number of nitrogens with one attached hydrogen (secondary N) is 1. The minimum atomic E-state index is -0.126. The van der Waals surface area contributed by atoms with Crippen molar-refractivity contribution in [1.82, 2.24) is 10.2 Å². The smallest absolute Gasteiger partial charge is 0.241 e. The first kappa shape index (κ1) is 14.1. The average molecular weight is 325 g/mol. The number of hydrogen-bond acceptors (Lipinski definition) is 2. The zero-order valence-corrected chi connectivity index (χ0v) is 12.3. The number of nitrogens with zero attached hydrogens (tertiary/aromatic N) is 1. The Kier molecular flexibility index (Phi) is 4.96. The van der Waals surface area contributed by atoms with Gasteiger partial charge in [-0.1, -0.05) is 34.1 Å². The van der Waals surface area contributed by atoms with Gasteiger partial charge in [-0.05, 0) is 24.5 Å². The van der Waals surface area contributed by atoms with Gasteiger partial charge in [0.1, 0.15) is 0 Å². The molecule has 0 radical (unpaired) electrons. The van der Waals surface area contributed by atoms with Crippen molar-refractivity contribution < 1.29 is 9.59 Å². The third-order valence-electron chi connectivity index (χ3n) is 3.20. The van der Waals surface area contributed by atoms with Crippen LogP contribution in [0.4, 0.5) is 0 Å². The van der Waals surface area contributed by atoms with Crippen LogP contribution in [0.25, 0.3) is 0 Å². The van der Waals surface area contributed by atoms with Crippen molar-refractivity contribution in [3.63, 3.8) is 0 Å². The molecule has 2 amide bonds. The van der Waals surface area contributed by atoms with Crippen LogP contribution in [0.1, 0.15) is 18.4 Å². The van der Waals surface area contributed by atoms with E-state index in [1.165, 1.54) is 0 Å². The number of halogens is 1. The molecule has 0 atom stereocenters. The fraction of sp³-hybridized carbons (Fsp3) is 0.429. The molecule has 5 heteroatoms. The van der Waals surface area contributed by atoms with Crippen molar-refractivity contribution >= 4 is 27.7 Å². The van der Waals surface area contributed by atoms with Gasteiger partial charge in [-0.3, -0.25) is 9.59 Å². The quantitative estimate of drug-likeness (QED) is 0.917. The third kappa shape index (κ3) is 4.06. The molecular weight excluding hydrogens is 308 g/mol. The summed E-state index contributed by atoms with van der Waals surface area (Å²) < 4.78 is 0.913. The second-order valence-electron chi connectivity index (χ2n) is 4.63. The van der Waals surface area contributed by atoms with Gasteiger partial charge in [0.25, 0.3) is 0 Å². The molecule has 1 fully saturated rings. The van der Waals surface area contributed by atoms with E-state index in [1.807, 2.05) is 24.3 Å². The van der Waals surface area contributed by atoms with Crippen molar-refractivity contribution in [3.05, 3.63) is 34.3 Å². The summed E-state index contributed by atoms with van der Waals surface area (Å²) in [4.78, 5) is 25.4. The van der Waals surface area contributed by atoms with Crippen LogP contribution in [-0.4, -0.2) is 36.3 Å². The third-order valence-corrected chi connectivity index (χ3v) is 3.98. The van der Waals surface area contributed by atoms with Gasteiger partial charge < -0.3 is 10.2 Å². The van der Waals surface area contributed by atoms with Gasteiger partial charge in [0.05, 0.1) is 13.0 Å². The maximum atomic E-state index is 11.8. The normalized spacial score (nSPS) is 14.5. The van der Waals surface area contributed by atoms with Crippen molar-refractivity contribution in [1.29, 1.82) is 0 Å². The van der Waals surface area contributed by atoms with Gasteiger partial charge >= 0.3 is 0 Å². The lowest BCUT2D eigenvalue weighted by Gasteiger charge is -2.15. The Morgan fingerprint density at radius 2 is 1.89 bits per heavy atom. The van der Waals surface area contributed by atoms with Crippen LogP contribution in [0.2, 0.25) is 0 Å². The summed E-state index contributed by atoms with van der Waals surface area (Å²) in [7, 11) is 0. The minimum Gasteiger partial charge on any atom is -0.347 e. The number of carbonyl (C=O) groups excluding carboxylic acids is 2. The Hall–Kier alpha value is -1.36. The van der Waals surface area contributed by atoms with E-state index < -0.39 is 0 Å². The molecule has 19 heavy (non-hydrogen) atoms. The molecule has 1 aromatic carbocycles. The first-order valence-corrected chi connectivity index (χ1v) is 7.24. The van der Waals surface area contributed by atoms with Crippen LogP contribution in [0.15, 0.2) is 28.7 Å². The van der Waals surface area contributed by atoms with Gasteiger partial charge in [-0.2, -0.15) is 0 Å². The summed E-state index contributed by atoms with van der Waals surface area (Å²) >= 11 is 3.40. The Labute approximate surface area is 121 Å². The van der Waals surface area contributed by atoms with Crippen molar-refractivity contribution in [3.8, 4) is 0 Å². The van der Waals surface area contributed by atoms with Gasteiger partial charge in [0.2, 0.25) is 11.8 Å². The highest BCUT2D eigenvalue weighted by Crippen LogP contribution is 2.16. The second-order valence-corrected chi connectivity index (χ2v) is 5.49. The number of likely N-dealkylation sites (tertiary alicyclic amines) is 1. The SMILES string of the molecule is O=C(Cc1ccccc1Br)NCC(=O)N1CCCC1. The molecule has 1 aliphatic heterocycles. The predicted octanol–water partition coefficient (Wildman–Crippen LogP) is 1.73. The van der Waals surface area contributed by atoms with Gasteiger partial charge in [-0.25, -0.2) is 0 Å². The molecule has 1 aliphatic rings. The van der Waals surface area contributed by atoms with E-state index in [0.717, 1.165) is 36.0 Å². The molecule has 4 nitrogen and oxygen atoms in total. The first-order valence-electron chi connectivity index (χ1n) is 6.44. The maximum absolute atomic E-state index is 11.8. The van der Waals surface area contributed by atoms with E-state index in [1.54, 1.807) is 4.90 Å². The molecule has 0 aliphatic carbocycles. The van der Waals surface area contributed by atoms with Crippen molar-refractivity contribution in [2.75, 3.05) is 19.6 Å². The second kappa shape index (κ2) is 6.70. The van der Waals surface area contributed by atoms with Crippen LogP contribution in [0, 0.1) is 0 Å². The summed E-state index contributed by atoms with van der Waals surface area (Å²) in [5, 5.41) is 2.68. The van der Waals surface area contributed by atoms with E-state index in [4.69, 9.17) is 0 Å². The van der Waals surface area contributed by atoms with Crippen molar-refractivity contribution in [2.24, 2.45) is 0 Å². The van der Waals surface area contributed by atoms with Gasteiger partial charge in [0, 0.05) is 17.6 Å². The minimum absolute atomic E-state index is 0.0120. The Morgan fingerprint density at radius 1 is 1.21 bits per heavy atom. The van der Waals surface area contributed by atoms with E-state index in [0.29, 0.717) is 0 Å². The molecule has 1 heterocycles. The van der Waals surface area contributed by atoms with Crippen LogP contribution in [0.5, 0.6) is 0 Å². The zero-order chi connectivity index (χ0) is 13.7. The Bertz CT molecular complexity index is 470. The monoisotopic (exact) mass is 324 g/mol. The lowest BCUT2D eigenvalue weighted by Crippen LogP contribution is -2.39. The first-order chi connectivity index (χ1) is 9.16. The molecule has 1 N–H and O–H groups in total. The predicted molar refractivity (Wildman–Crippen MR) is 76.7 cm³/mol. The van der Waals surface area contributed by atoms with Crippen LogP contribution in [0.3, 0.4) is 0 Å². The topological polar surface area (TPSA) is 49.4 Å². The fourth-order valence-corrected chi connectivity index (χ4v) is 2.55. The number of amides is 2. The zero-order valence-electron chi connectivity index (χ0n) is 10.7. The van der Waals surface area contributed by atoms with E-state index in [9.17, 15) is 9.59 Å². The number of hydrogen-bond donors (Lipinski definition) is 1. The maximum Gasteiger partial charge on any atom is 0.241 e. The molecule has 0 unspecified atom stereocenters. The summed E-state index contributed by atoms with van der Waals surface area (Å²) in [5.41, 5.74) is 0.925. The van der Waals surface area contributed by atoms with Gasteiger partial charge in [-0.15, -0.1) is 0 Å². The molecule has 1 aromatic rings. The van der Waals surface area contributed by atoms with Gasteiger partial charge in [0.15, 0.2) is 0 Å². The van der Waals surface area contributed by atoms with E-state index in [-0.39, 0.29) is 24.8 Å².